The van der Waals surface area contributed by atoms with E-state index in [1.54, 1.807) is 13.0 Å². The Morgan fingerprint density at radius 3 is 1.88 bits per heavy atom. The minimum absolute atomic E-state index is 0.222. The van der Waals surface area contributed by atoms with Gasteiger partial charge in [-0.3, -0.25) is 0 Å². The summed E-state index contributed by atoms with van der Waals surface area (Å²) in [4.78, 5) is -0.222. The number of allylic oxidation sites excluding steroid dienone is 1. The summed E-state index contributed by atoms with van der Waals surface area (Å²) < 4.78 is 0. The quantitative estimate of drug-likeness (QED) is 0.386. The molecular formula is C5H7Cl2N. The average Bonchev–Trinajstić information content (AvgIpc) is 1.65. The van der Waals surface area contributed by atoms with Crippen LogP contribution in [0.5, 0.6) is 0 Å². The van der Waals surface area contributed by atoms with E-state index in [9.17, 15) is 0 Å². The van der Waals surface area contributed by atoms with Crippen LogP contribution in [0.25, 0.3) is 0 Å². The molecular weight excluding hydrogens is 145 g/mol. The molecule has 0 atom stereocenters. The molecule has 0 bridgehead atoms. The maximum absolute atomic E-state index is 7.51. The summed E-state index contributed by atoms with van der Waals surface area (Å²) >= 11 is 10.1. The predicted octanol–water partition coefficient (Wildman–Crippen LogP) is 2.51. The van der Waals surface area contributed by atoms with E-state index in [-0.39, 0.29) is 4.84 Å². The lowest BCUT2D eigenvalue weighted by molar-refractivity contribution is 1.39. The lowest BCUT2D eigenvalue weighted by Crippen LogP contribution is -1.63. The van der Waals surface area contributed by atoms with Crippen molar-refractivity contribution in [1.82, 2.24) is 0 Å². The van der Waals surface area contributed by atoms with Crippen LogP contribution in [0.2, 0.25) is 0 Å². The summed E-state index contributed by atoms with van der Waals surface area (Å²) in [6, 6.07) is 1.69. The second-order valence-corrected chi connectivity index (χ2v) is 2.38. The Balaban J connectivity index is 0. The molecule has 0 radical (unpaired) electrons. The third-order valence-electron chi connectivity index (χ3n) is 0.0913. The number of hydrogen-bond acceptors (Lipinski definition) is 1. The number of alkyl halides is 2. The zero-order valence-electron chi connectivity index (χ0n) is 4.56. The molecule has 0 aliphatic heterocycles. The second-order valence-electron chi connectivity index (χ2n) is 0.852. The Labute approximate surface area is 59.5 Å². The van der Waals surface area contributed by atoms with Crippen molar-refractivity contribution in [1.29, 1.82) is 5.26 Å². The maximum Gasteiger partial charge on any atom is 0.105 e. The highest BCUT2D eigenvalue weighted by atomic mass is 35.5. The van der Waals surface area contributed by atoms with E-state index in [1.165, 1.54) is 6.08 Å². The van der Waals surface area contributed by atoms with Gasteiger partial charge in [0.25, 0.3) is 0 Å². The van der Waals surface area contributed by atoms with Crippen molar-refractivity contribution in [3.8, 4) is 6.07 Å². The molecule has 0 aromatic heterocycles. The molecule has 0 aliphatic carbocycles. The van der Waals surface area contributed by atoms with E-state index >= 15 is 0 Å². The molecule has 0 aromatic rings. The summed E-state index contributed by atoms with van der Waals surface area (Å²) in [5.41, 5.74) is 0. The van der Waals surface area contributed by atoms with Gasteiger partial charge >= 0.3 is 0 Å². The van der Waals surface area contributed by atoms with Gasteiger partial charge in [-0.25, -0.2) is 0 Å². The van der Waals surface area contributed by atoms with Crippen molar-refractivity contribution in [3.05, 3.63) is 12.7 Å². The van der Waals surface area contributed by atoms with Crippen molar-refractivity contribution in [2.45, 2.75) is 11.8 Å². The largest absolute Gasteiger partial charge is 0.193 e. The van der Waals surface area contributed by atoms with Gasteiger partial charge in [0, 0.05) is 6.08 Å². The molecule has 0 unspecified atom stereocenters. The monoisotopic (exact) mass is 151 g/mol. The van der Waals surface area contributed by atoms with Gasteiger partial charge < -0.3 is 0 Å². The van der Waals surface area contributed by atoms with Crippen molar-refractivity contribution in [3.63, 3.8) is 0 Å². The minimum atomic E-state index is -0.222. The van der Waals surface area contributed by atoms with E-state index < -0.39 is 0 Å². The van der Waals surface area contributed by atoms with Crippen LogP contribution in [0.4, 0.5) is 0 Å². The van der Waals surface area contributed by atoms with Crippen LogP contribution < -0.4 is 0 Å². The number of nitrogens with zero attached hydrogens (tertiary/aromatic N) is 1. The van der Waals surface area contributed by atoms with Gasteiger partial charge in [0.05, 0.1) is 6.07 Å². The van der Waals surface area contributed by atoms with E-state index in [0.717, 1.165) is 0 Å². The summed E-state index contributed by atoms with van der Waals surface area (Å²) in [7, 11) is 0. The molecule has 8 heavy (non-hydrogen) atoms. The molecule has 0 heterocycles. The van der Waals surface area contributed by atoms with Crippen LogP contribution in [0, 0.1) is 11.3 Å². The van der Waals surface area contributed by atoms with E-state index in [4.69, 9.17) is 28.5 Å². The maximum atomic E-state index is 7.51. The highest BCUT2D eigenvalue weighted by Gasteiger charge is 1.75. The van der Waals surface area contributed by atoms with Gasteiger partial charge in [-0.15, -0.1) is 23.2 Å². The number of halogens is 2. The molecule has 0 rings (SSSR count). The first-order chi connectivity index (χ1) is 3.65. The minimum Gasteiger partial charge on any atom is -0.193 e. The van der Waals surface area contributed by atoms with Crippen LogP contribution in [-0.2, 0) is 0 Å². The molecule has 0 spiro atoms. The highest BCUT2D eigenvalue weighted by Crippen LogP contribution is 1.95. The predicted molar refractivity (Wildman–Crippen MR) is 37.0 cm³/mol. The number of hydrogen-bond donors (Lipinski definition) is 0. The average molecular weight is 152 g/mol. The molecule has 0 amide bonds. The number of nitriles is 1. The van der Waals surface area contributed by atoms with Crippen LogP contribution in [0.3, 0.4) is 0 Å². The fourth-order valence-electron chi connectivity index (χ4n) is 0. The van der Waals surface area contributed by atoms with Crippen LogP contribution >= 0.6 is 23.2 Å². The lowest BCUT2D eigenvalue weighted by atomic mass is 10.8. The first-order valence-corrected chi connectivity index (χ1v) is 2.81. The third kappa shape index (κ3) is 205. The second kappa shape index (κ2) is 9.94. The van der Waals surface area contributed by atoms with E-state index in [1.807, 2.05) is 0 Å². The highest BCUT2D eigenvalue weighted by molar-refractivity contribution is 6.43. The van der Waals surface area contributed by atoms with Crippen molar-refractivity contribution in [2.24, 2.45) is 0 Å². The molecule has 1 nitrogen and oxygen atoms in total. The Hall–Kier alpha value is -0.190. The first-order valence-electron chi connectivity index (χ1n) is 1.93. The Bertz CT molecular complexity index is 80.2. The smallest absolute Gasteiger partial charge is 0.105 e. The third-order valence-corrected chi connectivity index (χ3v) is 0.0913. The van der Waals surface area contributed by atoms with Crippen LogP contribution in [0.15, 0.2) is 12.7 Å². The Morgan fingerprint density at radius 1 is 1.75 bits per heavy atom. The van der Waals surface area contributed by atoms with Gasteiger partial charge in [-0.05, 0) is 6.92 Å². The zero-order valence-corrected chi connectivity index (χ0v) is 6.08. The van der Waals surface area contributed by atoms with Gasteiger partial charge in [-0.2, -0.15) is 5.26 Å². The van der Waals surface area contributed by atoms with E-state index in [0.29, 0.717) is 0 Å². The van der Waals surface area contributed by atoms with Gasteiger partial charge in [0.15, 0.2) is 0 Å². The van der Waals surface area contributed by atoms with Gasteiger partial charge in [0.1, 0.15) is 4.84 Å². The standard InChI is InChI=1S/C3H3N.C2H4Cl2/c1-2-3-4;1-2(3)4/h2H,1H2;2H,1H3. The molecule has 3 heteroatoms. The van der Waals surface area contributed by atoms with Crippen molar-refractivity contribution in [2.75, 3.05) is 0 Å². The molecule has 0 saturated carbocycles. The van der Waals surface area contributed by atoms with Gasteiger partial charge in [0.2, 0.25) is 0 Å². The molecule has 0 fully saturated rings. The van der Waals surface area contributed by atoms with Crippen molar-refractivity contribution < 1.29 is 0 Å². The molecule has 0 aliphatic rings. The first kappa shape index (κ1) is 10.7. The lowest BCUT2D eigenvalue weighted by Gasteiger charge is -1.72. The fourth-order valence-corrected chi connectivity index (χ4v) is 0. The zero-order chi connectivity index (χ0) is 6.99. The SMILES string of the molecule is C=CC#N.CC(Cl)Cl. The van der Waals surface area contributed by atoms with E-state index in [2.05, 4.69) is 6.58 Å². The molecule has 46 valence electrons. The molecule has 0 aromatic carbocycles. The fraction of sp³-hybridized carbons (Fsp3) is 0.400. The van der Waals surface area contributed by atoms with Crippen LogP contribution in [-0.4, -0.2) is 4.84 Å². The Kier molecular flexibility index (Phi) is 13.3. The van der Waals surface area contributed by atoms with Crippen molar-refractivity contribution >= 4 is 23.2 Å². The Morgan fingerprint density at radius 2 is 1.88 bits per heavy atom. The number of rotatable bonds is 0. The topological polar surface area (TPSA) is 23.8 Å². The summed E-state index contributed by atoms with van der Waals surface area (Å²) in [6.45, 7) is 4.82. The summed E-state index contributed by atoms with van der Waals surface area (Å²) in [5, 5.41) is 7.51. The normalized spacial score (nSPS) is 6.38. The molecule has 0 N–H and O–H groups in total. The summed E-state index contributed by atoms with van der Waals surface area (Å²) in [5.74, 6) is 0. The summed E-state index contributed by atoms with van der Waals surface area (Å²) in [6.07, 6.45) is 1.18. The molecule has 0 saturated heterocycles. The van der Waals surface area contributed by atoms with Crippen LogP contribution in [0.1, 0.15) is 6.92 Å². The van der Waals surface area contributed by atoms with Gasteiger partial charge in [-0.1, -0.05) is 6.58 Å².